The van der Waals surface area contributed by atoms with Gasteiger partial charge < -0.3 is 8.83 Å². The van der Waals surface area contributed by atoms with Crippen molar-refractivity contribution in [3.05, 3.63) is 152 Å². The quantitative estimate of drug-likeness (QED) is 0.197. The van der Waals surface area contributed by atoms with Crippen molar-refractivity contribution in [3.8, 4) is 45.3 Å². The molecule has 5 nitrogen and oxygen atoms in total. The van der Waals surface area contributed by atoms with E-state index in [1.807, 2.05) is 78.9 Å². The Hall–Kier alpha value is -6.59. The number of hydrogen-bond donors (Lipinski definition) is 0. The molecule has 0 N–H and O–H groups in total. The molecule has 0 radical (unpaired) electrons. The van der Waals surface area contributed by atoms with Crippen LogP contribution in [-0.4, -0.2) is 15.0 Å². The van der Waals surface area contributed by atoms with E-state index in [1.165, 1.54) is 0 Å². The van der Waals surface area contributed by atoms with Gasteiger partial charge in [0.15, 0.2) is 17.5 Å². The summed E-state index contributed by atoms with van der Waals surface area (Å²) in [6, 6.07) is 51.6. The Morgan fingerprint density at radius 2 is 0.854 bits per heavy atom. The van der Waals surface area contributed by atoms with E-state index in [0.717, 1.165) is 82.5 Å². The van der Waals surface area contributed by atoms with E-state index >= 15 is 0 Å². The molecule has 0 bridgehead atoms. The number of fused-ring (bicyclic) bond motifs is 8. The summed E-state index contributed by atoms with van der Waals surface area (Å²) in [6.07, 6.45) is 0. The van der Waals surface area contributed by atoms with Crippen molar-refractivity contribution in [3.63, 3.8) is 0 Å². The summed E-state index contributed by atoms with van der Waals surface area (Å²) in [5.74, 6) is 1.86. The normalized spacial score (nSPS) is 11.8. The van der Waals surface area contributed by atoms with Gasteiger partial charge in [0.25, 0.3) is 0 Å². The second kappa shape index (κ2) is 10.5. The molecule has 48 heavy (non-hydrogen) atoms. The highest BCUT2D eigenvalue weighted by Crippen LogP contribution is 2.38. The molecule has 3 heterocycles. The van der Waals surface area contributed by atoms with Gasteiger partial charge in [-0.15, -0.1) is 0 Å². The molecule has 0 fully saturated rings. The molecule has 10 aromatic rings. The highest BCUT2D eigenvalue weighted by molar-refractivity contribution is 6.19. The SMILES string of the molecule is c1ccc(-c2nc(-c3ccc(-c4cccc5oc6ccccc6c45)cc3)nc(-c3ccc4ccc5oc6ccccc6c5c4c3)n2)cc1. The Labute approximate surface area is 274 Å². The monoisotopic (exact) mass is 615 g/mol. The highest BCUT2D eigenvalue weighted by Gasteiger charge is 2.16. The van der Waals surface area contributed by atoms with Crippen LogP contribution in [0.25, 0.3) is 99.9 Å². The molecular weight excluding hydrogens is 590 g/mol. The number of hydrogen-bond acceptors (Lipinski definition) is 5. The zero-order valence-electron chi connectivity index (χ0n) is 25.6. The van der Waals surface area contributed by atoms with Gasteiger partial charge >= 0.3 is 0 Å². The maximum Gasteiger partial charge on any atom is 0.164 e. The lowest BCUT2D eigenvalue weighted by atomic mass is 9.98. The largest absolute Gasteiger partial charge is 0.456 e. The van der Waals surface area contributed by atoms with Crippen LogP contribution in [0.2, 0.25) is 0 Å². The third-order valence-corrected chi connectivity index (χ3v) is 9.14. The van der Waals surface area contributed by atoms with Crippen molar-refractivity contribution < 1.29 is 8.83 Å². The molecular formula is C43H25N3O2. The van der Waals surface area contributed by atoms with Crippen LogP contribution in [-0.2, 0) is 0 Å². The van der Waals surface area contributed by atoms with E-state index < -0.39 is 0 Å². The van der Waals surface area contributed by atoms with Crippen molar-refractivity contribution in [2.45, 2.75) is 0 Å². The molecule has 0 atom stereocenters. The van der Waals surface area contributed by atoms with Gasteiger partial charge in [0.1, 0.15) is 22.3 Å². The third kappa shape index (κ3) is 4.22. The van der Waals surface area contributed by atoms with Gasteiger partial charge in [-0.05, 0) is 52.2 Å². The zero-order valence-corrected chi connectivity index (χ0v) is 25.6. The molecule has 7 aromatic carbocycles. The first-order valence-corrected chi connectivity index (χ1v) is 15.9. The number of nitrogens with zero attached hydrogens (tertiary/aromatic N) is 3. The summed E-state index contributed by atoms with van der Waals surface area (Å²) in [5, 5.41) is 6.65. The van der Waals surface area contributed by atoms with Gasteiger partial charge in [0.05, 0.1) is 0 Å². The Bertz CT molecular complexity index is 2830. The molecule has 5 heteroatoms. The van der Waals surface area contributed by atoms with Crippen LogP contribution in [0, 0.1) is 0 Å². The number of benzene rings is 7. The topological polar surface area (TPSA) is 65.0 Å². The van der Waals surface area contributed by atoms with Gasteiger partial charge in [-0.25, -0.2) is 15.0 Å². The lowest BCUT2D eigenvalue weighted by Gasteiger charge is -2.10. The summed E-state index contributed by atoms with van der Waals surface area (Å²) < 4.78 is 12.3. The maximum absolute atomic E-state index is 6.20. The summed E-state index contributed by atoms with van der Waals surface area (Å²) in [6.45, 7) is 0. The minimum absolute atomic E-state index is 0.615. The van der Waals surface area contributed by atoms with Gasteiger partial charge in [0, 0.05) is 38.2 Å². The van der Waals surface area contributed by atoms with Crippen LogP contribution < -0.4 is 0 Å². The maximum atomic E-state index is 6.20. The molecule has 0 amide bonds. The smallest absolute Gasteiger partial charge is 0.164 e. The number of para-hydroxylation sites is 2. The molecule has 0 saturated carbocycles. The molecule has 0 unspecified atom stereocenters. The Morgan fingerprint density at radius 3 is 1.58 bits per heavy atom. The van der Waals surface area contributed by atoms with Gasteiger partial charge in [0.2, 0.25) is 0 Å². The van der Waals surface area contributed by atoms with E-state index in [1.54, 1.807) is 0 Å². The van der Waals surface area contributed by atoms with Gasteiger partial charge in [-0.2, -0.15) is 0 Å². The predicted molar refractivity (Wildman–Crippen MR) is 194 cm³/mol. The van der Waals surface area contributed by atoms with Crippen molar-refractivity contribution in [2.24, 2.45) is 0 Å². The summed E-state index contributed by atoms with van der Waals surface area (Å²) in [7, 11) is 0. The molecule has 0 saturated heterocycles. The number of aromatic nitrogens is 3. The van der Waals surface area contributed by atoms with Crippen molar-refractivity contribution in [1.29, 1.82) is 0 Å². The van der Waals surface area contributed by atoms with Crippen LogP contribution in [0.5, 0.6) is 0 Å². The average molecular weight is 616 g/mol. The van der Waals surface area contributed by atoms with Crippen LogP contribution >= 0.6 is 0 Å². The second-order valence-corrected chi connectivity index (χ2v) is 12.0. The fraction of sp³-hybridized carbons (Fsp3) is 0. The minimum atomic E-state index is 0.615. The van der Waals surface area contributed by atoms with Crippen molar-refractivity contribution in [1.82, 2.24) is 15.0 Å². The second-order valence-electron chi connectivity index (χ2n) is 12.0. The Morgan fingerprint density at radius 1 is 0.333 bits per heavy atom. The molecule has 3 aromatic heterocycles. The Kier molecular flexibility index (Phi) is 5.81. The summed E-state index contributed by atoms with van der Waals surface area (Å²) in [4.78, 5) is 15.0. The zero-order chi connectivity index (χ0) is 31.6. The fourth-order valence-electron chi connectivity index (χ4n) is 6.85. The first-order chi connectivity index (χ1) is 23.8. The first-order valence-electron chi connectivity index (χ1n) is 15.9. The number of furan rings is 2. The van der Waals surface area contributed by atoms with Gasteiger partial charge in [-0.3, -0.25) is 0 Å². The molecule has 224 valence electrons. The Balaban J connectivity index is 1.13. The molecule has 0 spiro atoms. The lowest BCUT2D eigenvalue weighted by Crippen LogP contribution is -2.00. The van der Waals surface area contributed by atoms with Crippen LogP contribution in [0.15, 0.2) is 160 Å². The molecule has 0 aliphatic carbocycles. The first kappa shape index (κ1) is 26.6. The van der Waals surface area contributed by atoms with Gasteiger partial charge in [-0.1, -0.05) is 121 Å². The minimum Gasteiger partial charge on any atom is -0.456 e. The summed E-state index contributed by atoms with van der Waals surface area (Å²) >= 11 is 0. The fourth-order valence-corrected chi connectivity index (χ4v) is 6.85. The van der Waals surface area contributed by atoms with Crippen molar-refractivity contribution >= 4 is 54.6 Å². The molecule has 10 rings (SSSR count). The predicted octanol–water partition coefficient (Wildman–Crippen LogP) is 11.5. The van der Waals surface area contributed by atoms with E-state index in [9.17, 15) is 0 Å². The van der Waals surface area contributed by atoms with E-state index in [-0.39, 0.29) is 0 Å². The van der Waals surface area contributed by atoms with Crippen molar-refractivity contribution in [2.75, 3.05) is 0 Å². The van der Waals surface area contributed by atoms with Crippen LogP contribution in [0.1, 0.15) is 0 Å². The summed E-state index contributed by atoms with van der Waals surface area (Å²) in [5.41, 5.74) is 8.48. The van der Waals surface area contributed by atoms with Crippen LogP contribution in [0.4, 0.5) is 0 Å². The molecule has 0 aliphatic rings. The average Bonchev–Trinajstić information content (AvgIpc) is 3.74. The van der Waals surface area contributed by atoms with E-state index in [2.05, 4.69) is 72.8 Å². The standard InChI is InChI=1S/C43H25N3O2/c1-2-9-28(10-3-1)41-44-42(29-20-17-26(18-21-29)31-13-8-16-37-39(31)32-11-4-6-14-35(32)47-37)46-43(45-41)30-22-19-27-23-24-38-40(34(27)25-30)33-12-5-7-15-36(33)48-38/h1-25H. The number of rotatable bonds is 4. The third-order valence-electron chi connectivity index (χ3n) is 9.14. The lowest BCUT2D eigenvalue weighted by molar-refractivity contribution is 0.668. The molecule has 0 aliphatic heterocycles. The highest BCUT2D eigenvalue weighted by atomic mass is 16.3. The van der Waals surface area contributed by atoms with E-state index in [0.29, 0.717) is 17.5 Å². The van der Waals surface area contributed by atoms with E-state index in [4.69, 9.17) is 23.8 Å². The van der Waals surface area contributed by atoms with Crippen LogP contribution in [0.3, 0.4) is 0 Å².